The van der Waals surface area contributed by atoms with Crippen molar-refractivity contribution in [1.29, 1.82) is 0 Å². The molecule has 4 rings (SSSR count). The van der Waals surface area contributed by atoms with Gasteiger partial charge in [0.2, 0.25) is 5.91 Å². The predicted octanol–water partition coefficient (Wildman–Crippen LogP) is 4.17. The van der Waals surface area contributed by atoms with E-state index in [2.05, 4.69) is 20.3 Å². The lowest BCUT2D eigenvalue weighted by Gasteiger charge is -2.06. The molecule has 0 radical (unpaired) electrons. The van der Waals surface area contributed by atoms with Crippen LogP contribution in [0.15, 0.2) is 58.5 Å². The SMILES string of the molecule is COc1cccc(CSc2nc(CC(=O)Nc3nc4ccc(C)cc4s3)cc(=O)[nH]2)c1. The minimum absolute atomic E-state index is 0.00834. The number of ether oxygens (including phenoxy) is 1. The maximum atomic E-state index is 12.5. The highest BCUT2D eigenvalue weighted by molar-refractivity contribution is 7.98. The van der Waals surface area contributed by atoms with Crippen LogP contribution in [0.4, 0.5) is 5.13 Å². The molecule has 4 aromatic rings. The third kappa shape index (κ3) is 5.50. The number of aryl methyl sites for hydroxylation is 1. The number of benzene rings is 2. The topological polar surface area (TPSA) is 97.0 Å². The number of aromatic nitrogens is 3. The molecular weight excluding hydrogens is 432 g/mol. The highest BCUT2D eigenvalue weighted by Gasteiger charge is 2.11. The van der Waals surface area contributed by atoms with Crippen LogP contribution in [-0.4, -0.2) is 28.0 Å². The Labute approximate surface area is 186 Å². The third-order valence-corrected chi connectivity index (χ3v) is 6.29. The summed E-state index contributed by atoms with van der Waals surface area (Å²) in [5.41, 5.74) is 3.14. The largest absolute Gasteiger partial charge is 0.497 e. The molecule has 0 bridgehead atoms. The summed E-state index contributed by atoms with van der Waals surface area (Å²) in [6.07, 6.45) is -0.00834. The Hall–Kier alpha value is -3.17. The minimum atomic E-state index is -0.290. The first-order valence-electron chi connectivity index (χ1n) is 9.51. The molecule has 2 N–H and O–H groups in total. The number of nitrogens with one attached hydrogen (secondary N) is 2. The summed E-state index contributed by atoms with van der Waals surface area (Å²) in [6.45, 7) is 2.01. The lowest BCUT2D eigenvalue weighted by Crippen LogP contribution is -2.18. The van der Waals surface area contributed by atoms with Crippen molar-refractivity contribution >= 4 is 44.4 Å². The summed E-state index contributed by atoms with van der Waals surface area (Å²) in [7, 11) is 1.62. The van der Waals surface area contributed by atoms with E-state index >= 15 is 0 Å². The van der Waals surface area contributed by atoms with Crippen LogP contribution in [0.1, 0.15) is 16.8 Å². The van der Waals surface area contributed by atoms with Crippen molar-refractivity contribution in [2.75, 3.05) is 12.4 Å². The van der Waals surface area contributed by atoms with Crippen LogP contribution >= 0.6 is 23.1 Å². The number of thioether (sulfide) groups is 1. The molecule has 0 unspecified atom stereocenters. The molecular formula is C22H20N4O3S2. The van der Waals surface area contributed by atoms with Crippen LogP contribution in [0, 0.1) is 6.92 Å². The zero-order valence-electron chi connectivity index (χ0n) is 17.0. The van der Waals surface area contributed by atoms with Crippen molar-refractivity contribution in [2.45, 2.75) is 24.3 Å². The van der Waals surface area contributed by atoms with Gasteiger partial charge in [0.25, 0.3) is 5.56 Å². The number of carbonyl (C=O) groups is 1. The maximum Gasteiger partial charge on any atom is 0.251 e. The van der Waals surface area contributed by atoms with E-state index in [-0.39, 0.29) is 17.9 Å². The molecule has 7 nitrogen and oxygen atoms in total. The molecule has 0 saturated heterocycles. The highest BCUT2D eigenvalue weighted by atomic mass is 32.2. The van der Waals surface area contributed by atoms with Crippen LogP contribution in [0.2, 0.25) is 0 Å². The Morgan fingerprint density at radius 2 is 2.06 bits per heavy atom. The number of H-pyrrole nitrogens is 1. The maximum absolute atomic E-state index is 12.5. The first-order chi connectivity index (χ1) is 15.0. The molecule has 2 aromatic carbocycles. The van der Waals surface area contributed by atoms with Gasteiger partial charge in [-0.25, -0.2) is 9.97 Å². The lowest BCUT2D eigenvalue weighted by molar-refractivity contribution is -0.115. The summed E-state index contributed by atoms with van der Waals surface area (Å²) in [5.74, 6) is 1.12. The van der Waals surface area contributed by atoms with E-state index in [4.69, 9.17) is 4.74 Å². The average molecular weight is 453 g/mol. The first kappa shape index (κ1) is 21.1. The number of rotatable bonds is 7. The van der Waals surface area contributed by atoms with Crippen LogP contribution < -0.4 is 15.6 Å². The van der Waals surface area contributed by atoms with Crippen molar-refractivity contribution in [2.24, 2.45) is 0 Å². The van der Waals surface area contributed by atoms with Crippen molar-refractivity contribution in [3.05, 3.63) is 75.7 Å². The van der Waals surface area contributed by atoms with Gasteiger partial charge in [-0.2, -0.15) is 0 Å². The monoisotopic (exact) mass is 452 g/mol. The number of anilines is 1. The molecule has 0 spiro atoms. The quantitative estimate of drug-likeness (QED) is 0.323. The van der Waals surface area contributed by atoms with Gasteiger partial charge in [0.05, 0.1) is 29.4 Å². The van der Waals surface area contributed by atoms with Gasteiger partial charge in [-0.1, -0.05) is 41.3 Å². The number of aromatic amines is 1. The van der Waals surface area contributed by atoms with Gasteiger partial charge in [0, 0.05) is 11.8 Å². The van der Waals surface area contributed by atoms with Crippen molar-refractivity contribution in [3.8, 4) is 5.75 Å². The standard InChI is InChI=1S/C22H20N4O3S2/c1-13-6-7-17-18(8-13)31-22(24-17)26-20(28)11-15-10-19(27)25-21(23-15)30-12-14-4-3-5-16(9-14)29-2/h3-10H,11-12H2,1-2H3,(H,23,25,27)(H,24,26,28). The van der Waals surface area contributed by atoms with Crippen LogP contribution in [-0.2, 0) is 17.0 Å². The molecule has 0 saturated carbocycles. The second-order valence-corrected chi connectivity index (χ2v) is 8.89. The Bertz CT molecular complexity index is 1300. The molecule has 0 atom stereocenters. The molecule has 1 amide bonds. The molecule has 31 heavy (non-hydrogen) atoms. The Morgan fingerprint density at radius 3 is 2.90 bits per heavy atom. The van der Waals surface area contributed by atoms with Gasteiger partial charge >= 0.3 is 0 Å². The summed E-state index contributed by atoms with van der Waals surface area (Å²) in [6, 6.07) is 15.0. The Kier molecular flexibility index (Phi) is 6.34. The number of hydrogen-bond donors (Lipinski definition) is 2. The predicted molar refractivity (Wildman–Crippen MR) is 124 cm³/mol. The number of nitrogens with zero attached hydrogens (tertiary/aromatic N) is 2. The minimum Gasteiger partial charge on any atom is -0.497 e. The van der Waals surface area contributed by atoms with E-state index in [1.165, 1.54) is 29.2 Å². The summed E-state index contributed by atoms with van der Waals surface area (Å²) >= 11 is 2.81. The van der Waals surface area contributed by atoms with E-state index in [0.717, 1.165) is 27.1 Å². The van der Waals surface area contributed by atoms with E-state index in [1.54, 1.807) is 7.11 Å². The van der Waals surface area contributed by atoms with Gasteiger partial charge in [0.1, 0.15) is 5.75 Å². The summed E-state index contributed by atoms with van der Waals surface area (Å²) < 4.78 is 6.25. The average Bonchev–Trinajstić information content (AvgIpc) is 3.13. The summed E-state index contributed by atoms with van der Waals surface area (Å²) in [4.78, 5) is 36.1. The lowest BCUT2D eigenvalue weighted by atomic mass is 10.2. The van der Waals surface area contributed by atoms with E-state index in [9.17, 15) is 9.59 Å². The zero-order chi connectivity index (χ0) is 21.8. The fraction of sp³-hybridized carbons (Fsp3) is 0.182. The summed E-state index contributed by atoms with van der Waals surface area (Å²) in [5, 5.41) is 3.80. The molecule has 9 heteroatoms. The number of hydrogen-bond acceptors (Lipinski definition) is 7. The second kappa shape index (κ2) is 9.32. The normalized spacial score (nSPS) is 10.9. The van der Waals surface area contributed by atoms with E-state index in [0.29, 0.717) is 21.7 Å². The smallest absolute Gasteiger partial charge is 0.251 e. The van der Waals surface area contributed by atoms with Gasteiger partial charge < -0.3 is 15.0 Å². The first-order valence-corrected chi connectivity index (χ1v) is 11.3. The Morgan fingerprint density at radius 1 is 1.19 bits per heavy atom. The van der Waals surface area contributed by atoms with Crippen LogP contribution in [0.3, 0.4) is 0 Å². The van der Waals surface area contributed by atoms with Gasteiger partial charge in [-0.15, -0.1) is 0 Å². The van der Waals surface area contributed by atoms with Crippen LogP contribution in [0.5, 0.6) is 5.75 Å². The molecule has 0 aliphatic heterocycles. The van der Waals surface area contributed by atoms with Crippen molar-refractivity contribution in [3.63, 3.8) is 0 Å². The number of fused-ring (bicyclic) bond motifs is 1. The second-order valence-electron chi connectivity index (χ2n) is 6.90. The molecule has 2 aromatic heterocycles. The molecule has 0 aliphatic carbocycles. The zero-order valence-corrected chi connectivity index (χ0v) is 18.6. The third-order valence-electron chi connectivity index (χ3n) is 4.41. The van der Waals surface area contributed by atoms with Crippen molar-refractivity contribution in [1.82, 2.24) is 15.0 Å². The molecule has 0 aliphatic rings. The van der Waals surface area contributed by atoms with Gasteiger partial charge in [-0.05, 0) is 42.3 Å². The van der Waals surface area contributed by atoms with Crippen molar-refractivity contribution < 1.29 is 9.53 Å². The Balaban J connectivity index is 1.42. The molecule has 2 heterocycles. The van der Waals surface area contributed by atoms with E-state index in [1.807, 2.05) is 49.4 Å². The number of carbonyl (C=O) groups excluding carboxylic acids is 1. The van der Waals surface area contributed by atoms with E-state index < -0.39 is 0 Å². The fourth-order valence-corrected chi connectivity index (χ4v) is 4.79. The highest BCUT2D eigenvalue weighted by Crippen LogP contribution is 2.27. The van der Waals surface area contributed by atoms with Crippen LogP contribution in [0.25, 0.3) is 10.2 Å². The molecule has 158 valence electrons. The van der Waals surface area contributed by atoms with Gasteiger partial charge in [-0.3, -0.25) is 9.59 Å². The van der Waals surface area contributed by atoms with Gasteiger partial charge in [0.15, 0.2) is 10.3 Å². The number of methoxy groups -OCH3 is 1. The molecule has 0 fully saturated rings. The number of thiazole rings is 1. The number of amides is 1. The fourth-order valence-electron chi connectivity index (χ4n) is 2.97.